The highest BCUT2D eigenvalue weighted by Gasteiger charge is 2.30. The van der Waals surface area contributed by atoms with Crippen LogP contribution in [0, 0.1) is 17.8 Å². The monoisotopic (exact) mass is 252 g/mol. The maximum Gasteiger partial charge on any atom is 0.306 e. The van der Waals surface area contributed by atoms with Crippen LogP contribution >= 0.6 is 0 Å². The van der Waals surface area contributed by atoms with Crippen LogP contribution in [0.1, 0.15) is 32.6 Å². The Morgan fingerprint density at radius 1 is 1.50 bits per heavy atom. The van der Waals surface area contributed by atoms with Crippen molar-refractivity contribution in [1.82, 2.24) is 0 Å². The molecule has 0 amide bonds. The number of allylic oxidation sites excluding steroid dienone is 3. The number of carbonyl (C=O) groups is 1. The first kappa shape index (κ1) is 14.5. The Balaban J connectivity index is 2.73. The van der Waals surface area contributed by atoms with Gasteiger partial charge in [0.15, 0.2) is 0 Å². The second-order valence-electron chi connectivity index (χ2n) is 4.92. The summed E-state index contributed by atoms with van der Waals surface area (Å²) in [6, 6.07) is 0. The minimum Gasteiger partial charge on any atom is -0.481 e. The van der Waals surface area contributed by atoms with E-state index in [4.69, 9.17) is 10.3 Å². The molecule has 1 aliphatic rings. The molecule has 1 rings (SSSR count). The summed E-state index contributed by atoms with van der Waals surface area (Å²) in [6.45, 7) is 5.57. The largest absolute Gasteiger partial charge is 0.481 e. The molecule has 0 aromatic rings. The first-order chi connectivity index (χ1) is 8.60. The molecule has 1 aliphatic carbocycles. The Kier molecular flexibility index (Phi) is 5.62. The Morgan fingerprint density at radius 3 is 2.78 bits per heavy atom. The average Bonchev–Trinajstić information content (AvgIpc) is 2.39. The lowest BCUT2D eigenvalue weighted by Crippen LogP contribution is -2.63. The molecule has 0 aromatic carbocycles. The van der Waals surface area contributed by atoms with Gasteiger partial charge in [-0.15, -0.1) is 0 Å². The third-order valence-electron chi connectivity index (χ3n) is 3.87. The Morgan fingerprint density at radius 2 is 2.22 bits per heavy atom. The van der Waals surface area contributed by atoms with E-state index < -0.39 is 5.97 Å². The fraction of sp³-hybridized carbons (Fsp3) is 0.571. The van der Waals surface area contributed by atoms with E-state index in [0.29, 0.717) is 5.92 Å². The fourth-order valence-electron chi connectivity index (χ4n) is 2.69. The number of carboxylic acid groups (broad SMARTS) is 1. The van der Waals surface area contributed by atoms with Gasteiger partial charge < -0.3 is 5.11 Å². The Bertz CT molecular complexity index is 360. The minimum absolute atomic E-state index is 0.228. The lowest BCUT2D eigenvalue weighted by atomic mass is 9.73. The van der Waals surface area contributed by atoms with Gasteiger partial charge in [-0.25, -0.2) is 0 Å². The molecule has 0 bridgehead atoms. The maximum atomic E-state index is 11.0. The molecule has 18 heavy (non-hydrogen) atoms. The molecular formula is C14H22NO3+. The molecule has 0 heterocycles. The molecular weight excluding hydrogens is 230 g/mol. The predicted molar refractivity (Wildman–Crippen MR) is 69.3 cm³/mol. The second kappa shape index (κ2) is 6.99. The molecule has 0 aliphatic heterocycles. The first-order valence-corrected chi connectivity index (χ1v) is 6.38. The normalized spacial score (nSPS) is 27.1. The smallest absolute Gasteiger partial charge is 0.306 e. The number of rotatable bonds is 5. The molecule has 4 nitrogen and oxygen atoms in total. The van der Waals surface area contributed by atoms with E-state index in [1.807, 2.05) is 5.16 Å². The van der Waals surface area contributed by atoms with E-state index in [-0.39, 0.29) is 11.8 Å². The van der Waals surface area contributed by atoms with Crippen LogP contribution in [0.3, 0.4) is 0 Å². The summed E-state index contributed by atoms with van der Waals surface area (Å²) in [5.74, 6) is -0.438. The van der Waals surface area contributed by atoms with Crippen molar-refractivity contribution >= 4 is 12.2 Å². The van der Waals surface area contributed by atoms with Gasteiger partial charge in [-0.1, -0.05) is 26.0 Å². The highest BCUT2D eigenvalue weighted by atomic mass is 16.4. The van der Waals surface area contributed by atoms with E-state index in [2.05, 4.69) is 6.58 Å². The summed E-state index contributed by atoms with van der Waals surface area (Å²) >= 11 is 0. The van der Waals surface area contributed by atoms with Crippen molar-refractivity contribution in [2.75, 3.05) is 0 Å². The third kappa shape index (κ3) is 3.72. The van der Waals surface area contributed by atoms with Crippen molar-refractivity contribution in [1.29, 1.82) is 0 Å². The molecule has 3 atom stereocenters. The van der Waals surface area contributed by atoms with Crippen molar-refractivity contribution < 1.29 is 20.3 Å². The van der Waals surface area contributed by atoms with E-state index in [0.717, 1.165) is 31.3 Å². The van der Waals surface area contributed by atoms with Crippen LogP contribution in [0.5, 0.6) is 0 Å². The SMILES string of the molecule is C=C/C(=C\C=[NH+]\O)C1CCCC(C(C)C(=O)O)C1. The van der Waals surface area contributed by atoms with Crippen molar-refractivity contribution in [3.05, 3.63) is 24.3 Å². The van der Waals surface area contributed by atoms with Gasteiger partial charge in [-0.3, -0.25) is 10.0 Å². The maximum absolute atomic E-state index is 11.0. The number of carboxylic acids is 1. The van der Waals surface area contributed by atoms with Crippen LogP contribution in [0.2, 0.25) is 0 Å². The lowest BCUT2D eigenvalue weighted by molar-refractivity contribution is -0.733. The molecule has 4 heteroatoms. The topological polar surface area (TPSA) is 71.5 Å². The summed E-state index contributed by atoms with van der Waals surface area (Å²) in [4.78, 5) is 11.0. The van der Waals surface area contributed by atoms with Crippen LogP contribution in [-0.4, -0.2) is 22.5 Å². The van der Waals surface area contributed by atoms with E-state index in [1.54, 1.807) is 19.1 Å². The van der Waals surface area contributed by atoms with Crippen molar-refractivity contribution in [2.45, 2.75) is 32.6 Å². The molecule has 0 radical (unpaired) electrons. The first-order valence-electron chi connectivity index (χ1n) is 6.38. The summed E-state index contributed by atoms with van der Waals surface area (Å²) in [5, 5.41) is 19.6. The van der Waals surface area contributed by atoms with E-state index in [9.17, 15) is 4.79 Å². The number of hydrogen-bond acceptors (Lipinski definition) is 2. The Hall–Kier alpha value is -1.58. The van der Waals surface area contributed by atoms with Gasteiger partial charge in [0.1, 0.15) is 0 Å². The summed E-state index contributed by atoms with van der Waals surface area (Å²) < 4.78 is 0. The van der Waals surface area contributed by atoms with Crippen LogP contribution in [0.4, 0.5) is 0 Å². The van der Waals surface area contributed by atoms with Gasteiger partial charge in [0.2, 0.25) is 6.21 Å². The molecule has 0 aromatic heterocycles. The van der Waals surface area contributed by atoms with Crippen LogP contribution in [0.15, 0.2) is 24.3 Å². The van der Waals surface area contributed by atoms with E-state index in [1.165, 1.54) is 6.21 Å². The standard InChI is InChI=1S/C14H21NO3/c1-3-11(7-8-15-18)13-6-4-5-12(9-13)10(2)14(16)17/h3,7-8,10,12-13,18H,1,4-6,9H2,2H3,(H,16,17)/p+1/b11-7+,15-8+. The lowest BCUT2D eigenvalue weighted by Gasteiger charge is -2.31. The van der Waals surface area contributed by atoms with Crippen molar-refractivity contribution in [3.8, 4) is 0 Å². The zero-order valence-electron chi connectivity index (χ0n) is 10.8. The van der Waals surface area contributed by atoms with Crippen LogP contribution in [-0.2, 0) is 4.79 Å². The van der Waals surface area contributed by atoms with Gasteiger partial charge in [-0.05, 0) is 41.8 Å². The molecule has 3 N–H and O–H groups in total. The van der Waals surface area contributed by atoms with Gasteiger partial charge in [0.05, 0.1) is 5.92 Å². The van der Waals surface area contributed by atoms with E-state index >= 15 is 0 Å². The molecule has 0 saturated heterocycles. The number of nitrogens with one attached hydrogen (secondary N) is 1. The van der Waals surface area contributed by atoms with Gasteiger partial charge in [-0.2, -0.15) is 0 Å². The summed E-state index contributed by atoms with van der Waals surface area (Å²) in [5.41, 5.74) is 1.05. The third-order valence-corrected chi connectivity index (χ3v) is 3.87. The van der Waals surface area contributed by atoms with Gasteiger partial charge in [0.25, 0.3) is 0 Å². The zero-order chi connectivity index (χ0) is 13.5. The molecule has 1 fully saturated rings. The van der Waals surface area contributed by atoms with Crippen LogP contribution in [0.25, 0.3) is 0 Å². The zero-order valence-corrected chi connectivity index (χ0v) is 10.8. The Labute approximate surface area is 108 Å². The molecule has 100 valence electrons. The van der Waals surface area contributed by atoms with Crippen LogP contribution < -0.4 is 5.16 Å². The van der Waals surface area contributed by atoms with Crippen molar-refractivity contribution in [3.63, 3.8) is 0 Å². The molecule has 0 spiro atoms. The van der Waals surface area contributed by atoms with Gasteiger partial charge in [0, 0.05) is 6.08 Å². The molecule has 1 saturated carbocycles. The predicted octanol–water partition coefficient (Wildman–Crippen LogP) is 1.17. The second-order valence-corrected chi connectivity index (χ2v) is 4.92. The quantitative estimate of drug-likeness (QED) is 0.298. The summed E-state index contributed by atoms with van der Waals surface area (Å²) in [6.07, 6.45) is 9.00. The highest BCUT2D eigenvalue weighted by molar-refractivity contribution is 5.70. The number of hydrogen-bond donors (Lipinski definition) is 3. The minimum atomic E-state index is -0.714. The highest BCUT2D eigenvalue weighted by Crippen LogP contribution is 2.37. The fourth-order valence-corrected chi connectivity index (χ4v) is 2.69. The number of aliphatic carboxylic acids is 1. The molecule has 3 unspecified atom stereocenters. The van der Waals surface area contributed by atoms with Crippen molar-refractivity contribution in [2.24, 2.45) is 17.8 Å². The van der Waals surface area contributed by atoms with Gasteiger partial charge >= 0.3 is 5.97 Å². The summed E-state index contributed by atoms with van der Waals surface area (Å²) in [7, 11) is 0. The average molecular weight is 252 g/mol.